The van der Waals surface area contributed by atoms with Crippen LogP contribution in [0.5, 0.6) is 0 Å². The van der Waals surface area contributed by atoms with Crippen LogP contribution in [-0.2, 0) is 19.6 Å². The number of hydrogen-bond acceptors (Lipinski definition) is 6. The fraction of sp³-hybridized carbons (Fsp3) is 0.107. The molecule has 0 aliphatic carbocycles. The Morgan fingerprint density at radius 3 is 2.33 bits per heavy atom. The minimum absolute atomic E-state index is 0.148. The number of sulfonamides is 1. The summed E-state index contributed by atoms with van der Waals surface area (Å²) in [5.41, 5.74) is 2.17. The van der Waals surface area contributed by atoms with E-state index in [1.54, 1.807) is 0 Å². The third-order valence-electron chi connectivity index (χ3n) is 6.31. The van der Waals surface area contributed by atoms with Crippen molar-refractivity contribution >= 4 is 61.6 Å². The normalized spacial score (nSPS) is 15.3. The number of hydrogen-bond donors (Lipinski definition) is 1. The summed E-state index contributed by atoms with van der Waals surface area (Å²) in [6.45, 7) is -0.652. The number of benzene rings is 4. The van der Waals surface area contributed by atoms with Crippen LogP contribution in [0.2, 0.25) is 10.0 Å². The first-order valence-corrected chi connectivity index (χ1v) is 14.0. The van der Waals surface area contributed by atoms with Crippen LogP contribution in [0.3, 0.4) is 0 Å². The van der Waals surface area contributed by atoms with Crippen molar-refractivity contribution in [3.05, 3.63) is 112 Å². The van der Waals surface area contributed by atoms with Crippen LogP contribution in [0.4, 0.5) is 0 Å². The fourth-order valence-electron chi connectivity index (χ4n) is 4.39. The van der Waals surface area contributed by atoms with E-state index in [2.05, 4.69) is 5.10 Å². The van der Waals surface area contributed by atoms with Crippen molar-refractivity contribution in [2.45, 2.75) is 17.4 Å². The van der Waals surface area contributed by atoms with Gasteiger partial charge in [0.25, 0.3) is 5.91 Å². The van der Waals surface area contributed by atoms with Gasteiger partial charge in [-0.15, -0.1) is 0 Å². The summed E-state index contributed by atoms with van der Waals surface area (Å²) in [7, 11) is -4.23. The summed E-state index contributed by atoms with van der Waals surface area (Å²) in [4.78, 5) is 25.6. The number of carbonyl (C=O) groups excluding carboxylic acids is 2. The molecule has 5 rings (SSSR count). The predicted octanol–water partition coefficient (Wildman–Crippen LogP) is 5.33. The Balaban J connectivity index is 1.40. The number of amides is 1. The van der Waals surface area contributed by atoms with Gasteiger partial charge in [0, 0.05) is 6.42 Å². The molecule has 0 bridgehead atoms. The summed E-state index contributed by atoms with van der Waals surface area (Å²) in [6.07, 6.45) is 0.461. The van der Waals surface area contributed by atoms with E-state index in [0.717, 1.165) is 34.0 Å². The molecule has 1 aliphatic heterocycles. The first kappa shape index (κ1) is 26.8. The lowest BCUT2D eigenvalue weighted by Gasteiger charge is -2.22. The predicted molar refractivity (Wildman–Crippen MR) is 149 cm³/mol. The van der Waals surface area contributed by atoms with Crippen LogP contribution in [0.1, 0.15) is 33.9 Å². The second-order valence-electron chi connectivity index (χ2n) is 8.86. The number of ether oxygens (including phenoxy) is 1. The minimum Gasteiger partial charge on any atom is -0.452 e. The number of nitrogens with zero attached hydrogens (tertiary/aromatic N) is 2. The smallest absolute Gasteiger partial charge is 0.340 e. The molecule has 0 fully saturated rings. The first-order chi connectivity index (χ1) is 18.6. The lowest BCUT2D eigenvalue weighted by Crippen LogP contribution is -2.31. The van der Waals surface area contributed by atoms with Gasteiger partial charge in [0.1, 0.15) is 4.90 Å². The number of nitrogens with two attached hydrogens (primary N) is 1. The monoisotopic (exact) mass is 581 g/mol. The highest BCUT2D eigenvalue weighted by Crippen LogP contribution is 2.34. The number of fused-ring (bicyclic) bond motifs is 1. The zero-order chi connectivity index (χ0) is 27.7. The van der Waals surface area contributed by atoms with E-state index in [4.69, 9.17) is 33.1 Å². The Hall–Kier alpha value is -3.76. The van der Waals surface area contributed by atoms with Gasteiger partial charge in [-0.1, -0.05) is 89.9 Å². The van der Waals surface area contributed by atoms with Crippen LogP contribution < -0.4 is 5.14 Å². The third-order valence-corrected chi connectivity index (χ3v) is 8.00. The largest absolute Gasteiger partial charge is 0.452 e. The molecule has 2 N–H and O–H groups in total. The molecule has 1 atom stereocenters. The Bertz CT molecular complexity index is 1740. The van der Waals surface area contributed by atoms with Gasteiger partial charge in [-0.3, -0.25) is 4.79 Å². The molecule has 1 aliphatic rings. The average molecular weight is 582 g/mol. The molecule has 0 saturated heterocycles. The van der Waals surface area contributed by atoms with Crippen molar-refractivity contribution in [3.8, 4) is 0 Å². The highest BCUT2D eigenvalue weighted by atomic mass is 35.5. The number of carbonyl (C=O) groups is 2. The van der Waals surface area contributed by atoms with Crippen molar-refractivity contribution in [1.82, 2.24) is 5.01 Å². The highest BCUT2D eigenvalue weighted by Gasteiger charge is 2.34. The molecule has 11 heteroatoms. The molecule has 1 heterocycles. The molecule has 0 radical (unpaired) electrons. The molecule has 4 aromatic rings. The quantitative estimate of drug-likeness (QED) is 0.309. The maximum Gasteiger partial charge on any atom is 0.340 e. The Morgan fingerprint density at radius 1 is 0.923 bits per heavy atom. The van der Waals surface area contributed by atoms with E-state index in [9.17, 15) is 18.0 Å². The van der Waals surface area contributed by atoms with Crippen LogP contribution in [0, 0.1) is 0 Å². The van der Waals surface area contributed by atoms with Gasteiger partial charge in [-0.2, -0.15) is 5.10 Å². The molecule has 4 aromatic carbocycles. The second-order valence-corrected chi connectivity index (χ2v) is 11.2. The van der Waals surface area contributed by atoms with Gasteiger partial charge >= 0.3 is 5.97 Å². The third kappa shape index (κ3) is 5.67. The van der Waals surface area contributed by atoms with Crippen molar-refractivity contribution in [3.63, 3.8) is 0 Å². The SMILES string of the molecule is NS(=O)(=O)c1cc(C(=O)OCC(=O)N2N=C(c3ccc4ccccc4c3)CC2c2ccccc2)c(Cl)cc1Cl. The molecule has 8 nitrogen and oxygen atoms in total. The molecular formula is C28H21Cl2N3O5S. The van der Waals surface area contributed by atoms with Crippen molar-refractivity contribution in [1.29, 1.82) is 0 Å². The van der Waals surface area contributed by atoms with E-state index in [0.29, 0.717) is 12.1 Å². The lowest BCUT2D eigenvalue weighted by atomic mass is 9.97. The molecule has 198 valence electrons. The molecule has 0 saturated carbocycles. The summed E-state index contributed by atoms with van der Waals surface area (Å²) in [5.74, 6) is -1.58. The van der Waals surface area contributed by atoms with Crippen molar-refractivity contribution < 1.29 is 22.7 Å². The zero-order valence-corrected chi connectivity index (χ0v) is 22.6. The Kier molecular flexibility index (Phi) is 7.42. The van der Waals surface area contributed by atoms with Crippen LogP contribution in [0.25, 0.3) is 10.8 Å². The topological polar surface area (TPSA) is 119 Å². The Morgan fingerprint density at radius 2 is 1.62 bits per heavy atom. The molecule has 39 heavy (non-hydrogen) atoms. The van der Waals surface area contributed by atoms with Gasteiger partial charge in [0.2, 0.25) is 10.0 Å². The van der Waals surface area contributed by atoms with Gasteiger partial charge in [-0.05, 0) is 40.1 Å². The van der Waals surface area contributed by atoms with Crippen molar-refractivity contribution in [2.24, 2.45) is 10.2 Å². The summed E-state index contributed by atoms with van der Waals surface area (Å²) in [6, 6.07) is 25.0. The average Bonchev–Trinajstić information content (AvgIpc) is 3.37. The highest BCUT2D eigenvalue weighted by molar-refractivity contribution is 7.89. The van der Waals surface area contributed by atoms with Gasteiger partial charge in [0.15, 0.2) is 6.61 Å². The van der Waals surface area contributed by atoms with Crippen molar-refractivity contribution in [2.75, 3.05) is 6.61 Å². The van der Waals surface area contributed by atoms with Gasteiger partial charge < -0.3 is 4.74 Å². The minimum atomic E-state index is -4.23. The standard InChI is InChI=1S/C28H21Cl2N3O5S/c29-22-14-23(30)26(39(31,36)37)13-21(22)28(35)38-16-27(34)33-25(18-7-2-1-3-8-18)15-24(32-33)20-11-10-17-6-4-5-9-19(17)12-20/h1-14,25H,15-16H2,(H2,31,36,37). The van der Waals surface area contributed by atoms with Crippen LogP contribution in [0.15, 0.2) is 94.9 Å². The van der Waals surface area contributed by atoms with Crippen LogP contribution in [-0.4, -0.2) is 37.6 Å². The summed E-state index contributed by atoms with van der Waals surface area (Å²) in [5, 5.41) is 12.8. The van der Waals surface area contributed by atoms with E-state index < -0.39 is 39.4 Å². The molecule has 1 amide bonds. The summed E-state index contributed by atoms with van der Waals surface area (Å²) >= 11 is 12.0. The zero-order valence-electron chi connectivity index (χ0n) is 20.3. The Labute approximate surface area is 234 Å². The number of esters is 1. The number of hydrazone groups is 1. The summed E-state index contributed by atoms with van der Waals surface area (Å²) < 4.78 is 28.8. The second kappa shape index (κ2) is 10.8. The number of halogens is 2. The molecule has 1 unspecified atom stereocenters. The van der Waals surface area contributed by atoms with E-state index in [-0.39, 0.29) is 15.6 Å². The van der Waals surface area contributed by atoms with Gasteiger partial charge in [0.05, 0.1) is 27.4 Å². The van der Waals surface area contributed by atoms with E-state index in [1.165, 1.54) is 5.01 Å². The van der Waals surface area contributed by atoms with Crippen LogP contribution >= 0.6 is 23.2 Å². The van der Waals surface area contributed by atoms with E-state index >= 15 is 0 Å². The molecular weight excluding hydrogens is 561 g/mol. The number of rotatable bonds is 6. The molecule has 0 aromatic heterocycles. The van der Waals surface area contributed by atoms with E-state index in [1.807, 2.05) is 72.8 Å². The lowest BCUT2D eigenvalue weighted by molar-refractivity contribution is -0.136. The number of primary sulfonamides is 1. The molecule has 0 spiro atoms. The maximum absolute atomic E-state index is 13.3. The van der Waals surface area contributed by atoms with Gasteiger partial charge in [-0.25, -0.2) is 23.4 Å². The fourth-order valence-corrected chi connectivity index (χ4v) is 5.79. The first-order valence-electron chi connectivity index (χ1n) is 11.7. The maximum atomic E-state index is 13.3.